The number of nitrogens with one attached hydrogen (secondary N) is 1. The van der Waals surface area contributed by atoms with E-state index in [0.29, 0.717) is 16.4 Å². The van der Waals surface area contributed by atoms with Gasteiger partial charge in [0.2, 0.25) is 0 Å². The third kappa shape index (κ3) is 4.56. The third-order valence-corrected chi connectivity index (χ3v) is 3.73. The van der Waals surface area contributed by atoms with Crippen molar-refractivity contribution in [2.75, 3.05) is 6.54 Å². The molecule has 0 spiro atoms. The van der Waals surface area contributed by atoms with E-state index in [1.807, 2.05) is 0 Å². The van der Waals surface area contributed by atoms with Crippen molar-refractivity contribution >= 4 is 33.4 Å². The first-order valence-electron chi connectivity index (χ1n) is 5.45. The van der Waals surface area contributed by atoms with E-state index in [1.165, 1.54) is 12.1 Å². The highest BCUT2D eigenvalue weighted by atomic mass is 79.9. The van der Waals surface area contributed by atoms with Crippen LogP contribution in [0.15, 0.2) is 18.2 Å². The summed E-state index contributed by atoms with van der Waals surface area (Å²) in [5.41, 5.74) is 0.247. The summed E-state index contributed by atoms with van der Waals surface area (Å²) in [6.45, 7) is 2.65. The van der Waals surface area contributed by atoms with Crippen LogP contribution in [0.2, 0.25) is 5.02 Å². The number of hydrogen-bond acceptors (Lipinski definition) is 2. The topological polar surface area (TPSA) is 49.3 Å². The first-order chi connectivity index (χ1) is 8.04. The molecule has 1 unspecified atom stereocenters. The first kappa shape index (κ1) is 14.3. The molecule has 0 saturated heterocycles. The number of phenolic OH excluding ortho intramolecular Hbond substituents is 1. The first-order valence-corrected chi connectivity index (χ1v) is 6.74. The molecule has 1 aromatic rings. The van der Waals surface area contributed by atoms with Crippen molar-refractivity contribution in [1.29, 1.82) is 0 Å². The molecule has 0 fully saturated rings. The van der Waals surface area contributed by atoms with Crippen molar-refractivity contribution in [1.82, 2.24) is 5.32 Å². The minimum absolute atomic E-state index is 0.0964. The van der Waals surface area contributed by atoms with Gasteiger partial charge >= 0.3 is 0 Å². The van der Waals surface area contributed by atoms with Gasteiger partial charge in [-0.05, 0) is 31.0 Å². The molecule has 0 heterocycles. The summed E-state index contributed by atoms with van der Waals surface area (Å²) >= 11 is 9.18. The molecule has 0 aliphatic rings. The summed E-state index contributed by atoms with van der Waals surface area (Å²) < 4.78 is 0. The van der Waals surface area contributed by atoms with Gasteiger partial charge in [-0.15, -0.1) is 0 Å². The van der Waals surface area contributed by atoms with Gasteiger partial charge in [0.15, 0.2) is 0 Å². The number of hydrogen-bond donors (Lipinski definition) is 2. The largest absolute Gasteiger partial charge is 0.507 e. The summed E-state index contributed by atoms with van der Waals surface area (Å²) in [7, 11) is 0. The van der Waals surface area contributed by atoms with E-state index >= 15 is 0 Å². The highest BCUT2D eigenvalue weighted by Crippen LogP contribution is 2.21. The van der Waals surface area contributed by atoms with Gasteiger partial charge in [0.1, 0.15) is 5.75 Å². The fourth-order valence-corrected chi connectivity index (χ4v) is 1.73. The molecule has 0 radical (unpaired) electrons. The standard InChI is InChI=1S/C12H15BrClNO2/c1-2-8(13)5-6-15-12(17)10-4-3-9(14)7-11(10)16/h3-4,7-8,16H,2,5-6H2,1H3,(H,15,17). The zero-order valence-corrected chi connectivity index (χ0v) is 11.9. The summed E-state index contributed by atoms with van der Waals surface area (Å²) in [5.74, 6) is -0.379. The van der Waals surface area contributed by atoms with Gasteiger partial charge in [0, 0.05) is 16.4 Å². The van der Waals surface area contributed by atoms with E-state index in [-0.39, 0.29) is 17.2 Å². The average Bonchev–Trinajstić information content (AvgIpc) is 2.28. The third-order valence-electron chi connectivity index (χ3n) is 2.39. The molecule has 17 heavy (non-hydrogen) atoms. The molecule has 1 aromatic carbocycles. The van der Waals surface area contributed by atoms with E-state index in [1.54, 1.807) is 6.07 Å². The summed E-state index contributed by atoms with van der Waals surface area (Å²) in [6.07, 6.45) is 1.87. The van der Waals surface area contributed by atoms with Crippen LogP contribution in [0.4, 0.5) is 0 Å². The average molecular weight is 321 g/mol. The van der Waals surface area contributed by atoms with Crippen LogP contribution in [0.5, 0.6) is 5.75 Å². The molecule has 2 N–H and O–H groups in total. The second-order valence-corrected chi connectivity index (χ2v) is 5.44. The number of amides is 1. The van der Waals surface area contributed by atoms with Crippen LogP contribution >= 0.6 is 27.5 Å². The second-order valence-electron chi connectivity index (χ2n) is 3.71. The maximum atomic E-state index is 11.7. The molecule has 0 aliphatic carbocycles. The number of carbonyl (C=O) groups excluding carboxylic acids is 1. The van der Waals surface area contributed by atoms with Crippen molar-refractivity contribution in [3.8, 4) is 5.75 Å². The molecule has 1 amide bonds. The zero-order valence-electron chi connectivity index (χ0n) is 9.54. The molecule has 3 nitrogen and oxygen atoms in total. The maximum Gasteiger partial charge on any atom is 0.255 e. The van der Waals surface area contributed by atoms with Crippen molar-refractivity contribution in [2.45, 2.75) is 24.6 Å². The lowest BCUT2D eigenvalue weighted by Crippen LogP contribution is -2.26. The van der Waals surface area contributed by atoms with E-state index < -0.39 is 0 Å². The van der Waals surface area contributed by atoms with Gasteiger partial charge in [-0.3, -0.25) is 4.79 Å². The smallest absolute Gasteiger partial charge is 0.255 e. The molecule has 5 heteroatoms. The Morgan fingerprint density at radius 2 is 2.29 bits per heavy atom. The lowest BCUT2D eigenvalue weighted by atomic mass is 10.2. The molecule has 1 atom stereocenters. The van der Waals surface area contributed by atoms with Crippen LogP contribution in [0.3, 0.4) is 0 Å². The van der Waals surface area contributed by atoms with Crippen molar-refractivity contribution in [2.24, 2.45) is 0 Å². The second kappa shape index (κ2) is 6.87. The Balaban J connectivity index is 2.52. The Bertz CT molecular complexity index is 398. The fraction of sp³-hybridized carbons (Fsp3) is 0.417. The Kier molecular flexibility index (Phi) is 5.78. The van der Waals surface area contributed by atoms with E-state index in [9.17, 15) is 9.90 Å². The lowest BCUT2D eigenvalue weighted by molar-refractivity contribution is 0.0950. The molecular formula is C12H15BrClNO2. The van der Waals surface area contributed by atoms with Crippen molar-refractivity contribution in [3.63, 3.8) is 0 Å². The van der Waals surface area contributed by atoms with E-state index in [4.69, 9.17) is 11.6 Å². The van der Waals surface area contributed by atoms with Gasteiger partial charge in [0.25, 0.3) is 5.91 Å². The Morgan fingerprint density at radius 3 is 2.88 bits per heavy atom. The highest BCUT2D eigenvalue weighted by molar-refractivity contribution is 9.09. The Morgan fingerprint density at radius 1 is 1.59 bits per heavy atom. The summed E-state index contributed by atoms with van der Waals surface area (Å²) in [4.78, 5) is 12.1. The number of halogens is 2. The monoisotopic (exact) mass is 319 g/mol. The summed E-state index contributed by atoms with van der Waals surface area (Å²) in [5, 5.41) is 12.7. The Labute approximate surface area is 114 Å². The fourth-order valence-electron chi connectivity index (χ4n) is 1.34. The number of carbonyl (C=O) groups is 1. The predicted octanol–water partition coefficient (Wildman–Crippen LogP) is 3.34. The summed E-state index contributed by atoms with van der Waals surface area (Å²) in [6, 6.07) is 4.45. The molecule has 0 saturated carbocycles. The number of phenols is 1. The van der Waals surface area contributed by atoms with E-state index in [0.717, 1.165) is 12.8 Å². The molecule has 1 rings (SSSR count). The SMILES string of the molecule is CCC(Br)CCNC(=O)c1ccc(Cl)cc1O. The quantitative estimate of drug-likeness (QED) is 0.818. The minimum atomic E-state index is -0.282. The van der Waals surface area contributed by atoms with Crippen molar-refractivity contribution < 1.29 is 9.90 Å². The number of benzene rings is 1. The van der Waals surface area contributed by atoms with Crippen LogP contribution in [-0.4, -0.2) is 22.4 Å². The molecular weight excluding hydrogens is 305 g/mol. The number of alkyl halides is 1. The number of rotatable bonds is 5. The van der Waals surface area contributed by atoms with Crippen LogP contribution in [0.25, 0.3) is 0 Å². The molecule has 0 bridgehead atoms. The van der Waals surface area contributed by atoms with Crippen LogP contribution < -0.4 is 5.32 Å². The van der Waals surface area contributed by atoms with Gasteiger partial charge < -0.3 is 10.4 Å². The van der Waals surface area contributed by atoms with Crippen LogP contribution in [-0.2, 0) is 0 Å². The number of aromatic hydroxyl groups is 1. The minimum Gasteiger partial charge on any atom is -0.507 e. The van der Waals surface area contributed by atoms with Crippen LogP contribution in [0, 0.1) is 0 Å². The molecule has 0 aromatic heterocycles. The van der Waals surface area contributed by atoms with Gasteiger partial charge in [0.05, 0.1) is 5.56 Å². The highest BCUT2D eigenvalue weighted by Gasteiger charge is 2.11. The maximum absolute atomic E-state index is 11.7. The van der Waals surface area contributed by atoms with Gasteiger partial charge in [-0.25, -0.2) is 0 Å². The Hall–Kier alpha value is -0.740. The van der Waals surface area contributed by atoms with E-state index in [2.05, 4.69) is 28.2 Å². The van der Waals surface area contributed by atoms with Crippen LogP contribution in [0.1, 0.15) is 30.1 Å². The normalized spacial score (nSPS) is 12.2. The molecule has 94 valence electrons. The predicted molar refractivity (Wildman–Crippen MR) is 73.1 cm³/mol. The molecule has 0 aliphatic heterocycles. The van der Waals surface area contributed by atoms with Crippen molar-refractivity contribution in [3.05, 3.63) is 28.8 Å². The lowest BCUT2D eigenvalue weighted by Gasteiger charge is -2.09. The van der Waals surface area contributed by atoms with Gasteiger partial charge in [-0.1, -0.05) is 34.5 Å². The van der Waals surface area contributed by atoms with Gasteiger partial charge in [-0.2, -0.15) is 0 Å². The zero-order chi connectivity index (χ0) is 12.8.